The van der Waals surface area contributed by atoms with E-state index in [1.807, 2.05) is 17.5 Å². The molecule has 4 nitrogen and oxygen atoms in total. The molecule has 22 heavy (non-hydrogen) atoms. The highest BCUT2D eigenvalue weighted by atomic mass is 32.1. The van der Waals surface area contributed by atoms with Crippen LogP contribution in [0.25, 0.3) is 10.6 Å². The largest absolute Gasteiger partial charge is 0.353 e. The van der Waals surface area contributed by atoms with Crippen LogP contribution in [0.1, 0.15) is 44.2 Å². The summed E-state index contributed by atoms with van der Waals surface area (Å²) in [5, 5.41) is 6.09. The molecule has 0 bridgehead atoms. The third-order valence-corrected chi connectivity index (χ3v) is 4.98. The lowest BCUT2D eigenvalue weighted by molar-refractivity contribution is -0.121. The number of nitrogens with one attached hydrogen (secondary N) is 1. The number of pyridine rings is 1. The Morgan fingerprint density at radius 1 is 1.18 bits per heavy atom. The maximum atomic E-state index is 12.2. The third kappa shape index (κ3) is 4.13. The van der Waals surface area contributed by atoms with E-state index in [-0.39, 0.29) is 5.91 Å². The van der Waals surface area contributed by atoms with E-state index in [2.05, 4.69) is 15.3 Å². The normalized spacial score (nSPS) is 16.2. The molecule has 2 heterocycles. The average Bonchev–Trinajstić information content (AvgIpc) is 2.84. The fraction of sp³-hybridized carbons (Fsp3) is 0.471. The summed E-state index contributed by atoms with van der Waals surface area (Å²) in [6, 6.07) is 4.23. The first-order chi connectivity index (χ1) is 10.8. The summed E-state index contributed by atoms with van der Waals surface area (Å²) in [5.74, 6) is 0.0958. The maximum Gasteiger partial charge on any atom is 0.226 e. The van der Waals surface area contributed by atoms with Gasteiger partial charge in [0.2, 0.25) is 5.91 Å². The van der Waals surface area contributed by atoms with Crippen LogP contribution in [0, 0.1) is 0 Å². The van der Waals surface area contributed by atoms with Crippen molar-refractivity contribution in [2.24, 2.45) is 0 Å². The Morgan fingerprint density at radius 3 is 2.64 bits per heavy atom. The Bertz CT molecular complexity index is 603. The molecule has 2 aromatic heterocycles. The molecule has 0 aliphatic heterocycles. The molecule has 0 atom stereocenters. The van der Waals surface area contributed by atoms with Gasteiger partial charge in [-0.3, -0.25) is 9.78 Å². The topological polar surface area (TPSA) is 54.9 Å². The summed E-state index contributed by atoms with van der Waals surface area (Å²) >= 11 is 1.58. The number of carbonyl (C=O) groups is 1. The zero-order valence-electron chi connectivity index (χ0n) is 12.6. The van der Waals surface area contributed by atoms with E-state index in [9.17, 15) is 4.79 Å². The van der Waals surface area contributed by atoms with Crippen LogP contribution in [0.4, 0.5) is 0 Å². The molecule has 2 aromatic rings. The SMILES string of the molecule is O=C(Cc1csc(-c2ccncc2)n1)NC1CCCCCC1. The Morgan fingerprint density at radius 2 is 1.91 bits per heavy atom. The molecule has 1 amide bonds. The van der Waals surface area contributed by atoms with Crippen molar-refractivity contribution in [3.05, 3.63) is 35.6 Å². The molecule has 0 aromatic carbocycles. The van der Waals surface area contributed by atoms with Gasteiger partial charge in [0.25, 0.3) is 0 Å². The van der Waals surface area contributed by atoms with Gasteiger partial charge in [-0.05, 0) is 25.0 Å². The van der Waals surface area contributed by atoms with Crippen molar-refractivity contribution in [1.82, 2.24) is 15.3 Å². The highest BCUT2D eigenvalue weighted by molar-refractivity contribution is 7.13. The van der Waals surface area contributed by atoms with E-state index in [1.165, 1.54) is 25.7 Å². The predicted molar refractivity (Wildman–Crippen MR) is 88.7 cm³/mol. The van der Waals surface area contributed by atoms with Gasteiger partial charge in [0.15, 0.2) is 0 Å². The Labute approximate surface area is 135 Å². The number of amides is 1. The molecule has 1 saturated carbocycles. The molecular weight excluding hydrogens is 294 g/mol. The molecule has 5 heteroatoms. The summed E-state index contributed by atoms with van der Waals surface area (Å²) < 4.78 is 0. The van der Waals surface area contributed by atoms with Gasteiger partial charge in [0.05, 0.1) is 12.1 Å². The van der Waals surface area contributed by atoms with Crippen LogP contribution < -0.4 is 5.32 Å². The first kappa shape index (κ1) is 15.2. The van der Waals surface area contributed by atoms with E-state index >= 15 is 0 Å². The standard InChI is InChI=1S/C17H21N3OS/c21-16(19-14-5-3-1-2-4-6-14)11-15-12-22-17(20-15)13-7-9-18-10-8-13/h7-10,12,14H,1-6,11H2,(H,19,21). The number of hydrogen-bond donors (Lipinski definition) is 1. The lowest BCUT2D eigenvalue weighted by atomic mass is 10.1. The van der Waals surface area contributed by atoms with Gasteiger partial charge >= 0.3 is 0 Å². The second-order valence-corrected chi connectivity index (χ2v) is 6.67. The van der Waals surface area contributed by atoms with Gasteiger partial charge in [0.1, 0.15) is 5.01 Å². The van der Waals surface area contributed by atoms with Crippen molar-refractivity contribution in [2.75, 3.05) is 0 Å². The van der Waals surface area contributed by atoms with Crippen molar-refractivity contribution in [3.8, 4) is 10.6 Å². The van der Waals surface area contributed by atoms with Crippen molar-refractivity contribution in [3.63, 3.8) is 0 Å². The van der Waals surface area contributed by atoms with Gasteiger partial charge in [0, 0.05) is 29.4 Å². The smallest absolute Gasteiger partial charge is 0.226 e. The highest BCUT2D eigenvalue weighted by Crippen LogP contribution is 2.23. The molecule has 1 N–H and O–H groups in total. The number of carbonyl (C=O) groups excluding carboxylic acids is 1. The second-order valence-electron chi connectivity index (χ2n) is 5.81. The zero-order chi connectivity index (χ0) is 15.2. The van der Waals surface area contributed by atoms with E-state index in [0.29, 0.717) is 12.5 Å². The van der Waals surface area contributed by atoms with Crippen molar-refractivity contribution in [1.29, 1.82) is 0 Å². The Kier molecular flexibility index (Phi) is 5.16. The maximum absolute atomic E-state index is 12.2. The number of thiazole rings is 1. The average molecular weight is 315 g/mol. The summed E-state index contributed by atoms with van der Waals surface area (Å²) in [7, 11) is 0. The van der Waals surface area contributed by atoms with Crippen LogP contribution in [-0.2, 0) is 11.2 Å². The molecule has 1 aliphatic rings. The van der Waals surface area contributed by atoms with Crippen LogP contribution in [0.2, 0.25) is 0 Å². The lowest BCUT2D eigenvalue weighted by Crippen LogP contribution is -2.35. The van der Waals surface area contributed by atoms with Gasteiger partial charge in [-0.25, -0.2) is 4.98 Å². The molecule has 0 spiro atoms. The van der Waals surface area contributed by atoms with Crippen LogP contribution in [0.5, 0.6) is 0 Å². The molecule has 1 fully saturated rings. The molecular formula is C17H21N3OS. The van der Waals surface area contributed by atoms with Crippen LogP contribution in [-0.4, -0.2) is 21.9 Å². The Balaban J connectivity index is 1.56. The summed E-state index contributed by atoms with van der Waals surface area (Å²) in [6.45, 7) is 0. The number of rotatable bonds is 4. The minimum atomic E-state index is 0.0958. The van der Waals surface area contributed by atoms with E-state index in [1.54, 1.807) is 23.7 Å². The van der Waals surface area contributed by atoms with E-state index in [4.69, 9.17) is 0 Å². The van der Waals surface area contributed by atoms with E-state index in [0.717, 1.165) is 29.1 Å². The van der Waals surface area contributed by atoms with Gasteiger partial charge in [-0.2, -0.15) is 0 Å². The van der Waals surface area contributed by atoms with Gasteiger partial charge in [-0.1, -0.05) is 25.7 Å². The van der Waals surface area contributed by atoms with Crippen molar-refractivity contribution in [2.45, 2.75) is 51.0 Å². The molecule has 1 aliphatic carbocycles. The Hall–Kier alpha value is -1.75. The predicted octanol–water partition coefficient (Wildman–Crippen LogP) is 3.59. The summed E-state index contributed by atoms with van der Waals surface area (Å²) in [6.07, 6.45) is 11.2. The number of aromatic nitrogens is 2. The second kappa shape index (κ2) is 7.49. The summed E-state index contributed by atoms with van der Waals surface area (Å²) in [5.41, 5.74) is 1.90. The van der Waals surface area contributed by atoms with Crippen molar-refractivity contribution < 1.29 is 4.79 Å². The first-order valence-corrected chi connectivity index (χ1v) is 8.83. The fourth-order valence-corrected chi connectivity index (χ4v) is 3.71. The quantitative estimate of drug-likeness (QED) is 0.877. The van der Waals surface area contributed by atoms with Crippen LogP contribution >= 0.6 is 11.3 Å². The minimum Gasteiger partial charge on any atom is -0.353 e. The molecule has 0 saturated heterocycles. The van der Waals surface area contributed by atoms with Gasteiger partial charge in [-0.15, -0.1) is 11.3 Å². The number of nitrogens with zero attached hydrogens (tertiary/aromatic N) is 2. The lowest BCUT2D eigenvalue weighted by Gasteiger charge is -2.15. The molecule has 116 valence electrons. The highest BCUT2D eigenvalue weighted by Gasteiger charge is 2.16. The third-order valence-electron chi connectivity index (χ3n) is 4.04. The van der Waals surface area contributed by atoms with Crippen LogP contribution in [0.3, 0.4) is 0 Å². The summed E-state index contributed by atoms with van der Waals surface area (Å²) in [4.78, 5) is 20.8. The minimum absolute atomic E-state index is 0.0958. The van der Waals surface area contributed by atoms with Crippen molar-refractivity contribution >= 4 is 17.2 Å². The zero-order valence-corrected chi connectivity index (χ0v) is 13.4. The molecule has 0 radical (unpaired) electrons. The van der Waals surface area contributed by atoms with Gasteiger partial charge < -0.3 is 5.32 Å². The monoisotopic (exact) mass is 315 g/mol. The van der Waals surface area contributed by atoms with Crippen LogP contribution in [0.15, 0.2) is 29.9 Å². The molecule has 0 unspecified atom stereocenters. The van der Waals surface area contributed by atoms with E-state index < -0.39 is 0 Å². The fourth-order valence-electron chi connectivity index (χ4n) is 2.88. The first-order valence-electron chi connectivity index (χ1n) is 7.95. The molecule has 3 rings (SSSR count). The number of hydrogen-bond acceptors (Lipinski definition) is 4.